The van der Waals surface area contributed by atoms with Crippen molar-refractivity contribution in [2.75, 3.05) is 18.0 Å². The Labute approximate surface area is 83.6 Å². The van der Waals surface area contributed by atoms with Crippen LogP contribution < -0.4 is 4.90 Å². The van der Waals surface area contributed by atoms with Crippen LogP contribution in [0.15, 0.2) is 30.4 Å². The third kappa shape index (κ3) is 1.70. The summed E-state index contributed by atoms with van der Waals surface area (Å²) in [6.45, 7) is 4.00. The molecule has 0 atom stereocenters. The number of benzene rings is 1. The molecule has 0 bridgehead atoms. The number of aryl methyl sites for hydroxylation is 1. The summed E-state index contributed by atoms with van der Waals surface area (Å²) in [6.07, 6.45) is 4.33. The molecule has 0 N–H and O–H groups in total. The van der Waals surface area contributed by atoms with Gasteiger partial charge in [-0.05, 0) is 24.6 Å². The molecule has 13 heavy (non-hydrogen) atoms. The molecule has 0 aliphatic carbocycles. The Morgan fingerprint density at radius 2 is 1.92 bits per heavy atom. The summed E-state index contributed by atoms with van der Waals surface area (Å²) >= 11 is 6.14. The van der Waals surface area contributed by atoms with Crippen molar-refractivity contribution in [2.45, 2.75) is 6.92 Å². The monoisotopic (exact) mass is 193 g/mol. The largest absolute Gasteiger partial charge is 0.363 e. The van der Waals surface area contributed by atoms with E-state index in [1.165, 1.54) is 5.56 Å². The predicted molar refractivity (Wildman–Crippen MR) is 57.5 cm³/mol. The number of halogens is 1. The molecule has 1 aliphatic heterocycles. The van der Waals surface area contributed by atoms with Crippen LogP contribution in [0.2, 0.25) is 5.02 Å². The molecule has 0 saturated heterocycles. The van der Waals surface area contributed by atoms with Gasteiger partial charge in [-0.2, -0.15) is 0 Å². The van der Waals surface area contributed by atoms with E-state index in [-0.39, 0.29) is 0 Å². The van der Waals surface area contributed by atoms with Crippen LogP contribution in [0, 0.1) is 6.92 Å². The zero-order valence-electron chi connectivity index (χ0n) is 7.63. The second-order valence-corrected chi connectivity index (χ2v) is 3.74. The SMILES string of the molecule is Cc1ccc(N2CC=CC2)c(Cl)c1. The first-order chi connectivity index (χ1) is 6.27. The minimum absolute atomic E-state index is 0.851. The van der Waals surface area contributed by atoms with Gasteiger partial charge in [-0.3, -0.25) is 0 Å². The van der Waals surface area contributed by atoms with E-state index in [4.69, 9.17) is 11.6 Å². The number of rotatable bonds is 1. The van der Waals surface area contributed by atoms with Crippen molar-refractivity contribution in [3.8, 4) is 0 Å². The molecular weight excluding hydrogens is 182 g/mol. The highest BCUT2D eigenvalue weighted by Gasteiger charge is 2.10. The van der Waals surface area contributed by atoms with Crippen molar-refractivity contribution in [1.82, 2.24) is 0 Å². The lowest BCUT2D eigenvalue weighted by molar-refractivity contribution is 1.01. The summed E-state index contributed by atoms with van der Waals surface area (Å²) in [6, 6.07) is 6.19. The van der Waals surface area contributed by atoms with E-state index in [1.807, 2.05) is 6.07 Å². The maximum Gasteiger partial charge on any atom is 0.0642 e. The van der Waals surface area contributed by atoms with E-state index in [0.717, 1.165) is 23.8 Å². The molecule has 1 aromatic rings. The molecule has 1 heterocycles. The van der Waals surface area contributed by atoms with Crippen LogP contribution in [0.4, 0.5) is 5.69 Å². The standard InChI is InChI=1S/C11H12ClN/c1-9-4-5-11(10(12)8-9)13-6-2-3-7-13/h2-5,8H,6-7H2,1H3. The molecular formula is C11H12ClN. The number of hydrogen-bond donors (Lipinski definition) is 0. The van der Waals surface area contributed by atoms with Crippen molar-refractivity contribution in [3.63, 3.8) is 0 Å². The fourth-order valence-corrected chi connectivity index (χ4v) is 1.90. The molecule has 1 nitrogen and oxygen atoms in total. The molecule has 68 valence electrons. The second kappa shape index (κ2) is 3.43. The summed E-state index contributed by atoms with van der Waals surface area (Å²) in [5.41, 5.74) is 2.35. The Morgan fingerprint density at radius 1 is 1.23 bits per heavy atom. The minimum Gasteiger partial charge on any atom is -0.363 e. The van der Waals surface area contributed by atoms with Gasteiger partial charge >= 0.3 is 0 Å². The van der Waals surface area contributed by atoms with Crippen LogP contribution in [0.3, 0.4) is 0 Å². The molecule has 2 heteroatoms. The van der Waals surface area contributed by atoms with Gasteiger partial charge in [0.15, 0.2) is 0 Å². The Balaban J connectivity index is 2.30. The first kappa shape index (κ1) is 8.64. The zero-order chi connectivity index (χ0) is 9.26. The number of hydrogen-bond acceptors (Lipinski definition) is 1. The smallest absolute Gasteiger partial charge is 0.0642 e. The normalized spacial score (nSPS) is 15.4. The molecule has 0 radical (unpaired) electrons. The zero-order valence-corrected chi connectivity index (χ0v) is 8.38. The van der Waals surface area contributed by atoms with Crippen molar-refractivity contribution in [1.29, 1.82) is 0 Å². The molecule has 1 aliphatic rings. The van der Waals surface area contributed by atoms with Crippen molar-refractivity contribution >= 4 is 17.3 Å². The number of anilines is 1. The summed E-state index contributed by atoms with van der Waals surface area (Å²) < 4.78 is 0. The molecule has 0 saturated carbocycles. The molecule has 0 unspecified atom stereocenters. The summed E-state index contributed by atoms with van der Waals surface area (Å²) in [5.74, 6) is 0. The summed E-state index contributed by atoms with van der Waals surface area (Å²) in [4.78, 5) is 2.25. The molecule has 0 amide bonds. The number of nitrogens with zero attached hydrogens (tertiary/aromatic N) is 1. The van der Waals surface area contributed by atoms with Crippen LogP contribution in [-0.4, -0.2) is 13.1 Å². The lowest BCUT2D eigenvalue weighted by Crippen LogP contribution is -2.18. The van der Waals surface area contributed by atoms with Crippen molar-refractivity contribution in [2.24, 2.45) is 0 Å². The first-order valence-electron chi connectivity index (χ1n) is 4.43. The van der Waals surface area contributed by atoms with Gasteiger partial charge in [0.2, 0.25) is 0 Å². The molecule has 0 fully saturated rings. The van der Waals surface area contributed by atoms with Crippen LogP contribution >= 0.6 is 11.6 Å². The topological polar surface area (TPSA) is 3.24 Å². The van der Waals surface area contributed by atoms with E-state index in [0.29, 0.717) is 0 Å². The van der Waals surface area contributed by atoms with Crippen molar-refractivity contribution < 1.29 is 0 Å². The average Bonchev–Trinajstić information content (AvgIpc) is 2.56. The highest BCUT2D eigenvalue weighted by Crippen LogP contribution is 2.27. The van der Waals surface area contributed by atoms with Gasteiger partial charge in [-0.1, -0.05) is 29.8 Å². The molecule has 2 rings (SSSR count). The second-order valence-electron chi connectivity index (χ2n) is 3.33. The third-order valence-electron chi connectivity index (χ3n) is 2.26. The lowest BCUT2D eigenvalue weighted by Gasteiger charge is -2.19. The van der Waals surface area contributed by atoms with Gasteiger partial charge in [0.25, 0.3) is 0 Å². The van der Waals surface area contributed by atoms with Crippen molar-refractivity contribution in [3.05, 3.63) is 40.9 Å². The highest BCUT2D eigenvalue weighted by molar-refractivity contribution is 6.33. The van der Waals surface area contributed by atoms with Gasteiger partial charge in [-0.15, -0.1) is 0 Å². The minimum atomic E-state index is 0.851. The lowest BCUT2D eigenvalue weighted by atomic mass is 10.2. The van der Waals surface area contributed by atoms with E-state index in [2.05, 4.69) is 36.1 Å². The Morgan fingerprint density at radius 3 is 2.54 bits per heavy atom. The van der Waals surface area contributed by atoms with Crippen LogP contribution in [0.1, 0.15) is 5.56 Å². The Bertz CT molecular complexity index is 336. The first-order valence-corrected chi connectivity index (χ1v) is 4.81. The van der Waals surface area contributed by atoms with E-state index >= 15 is 0 Å². The van der Waals surface area contributed by atoms with Crippen LogP contribution in [0.5, 0.6) is 0 Å². The third-order valence-corrected chi connectivity index (χ3v) is 2.56. The molecule has 0 spiro atoms. The maximum absolute atomic E-state index is 6.14. The van der Waals surface area contributed by atoms with Gasteiger partial charge in [-0.25, -0.2) is 0 Å². The van der Waals surface area contributed by atoms with E-state index in [9.17, 15) is 0 Å². The highest BCUT2D eigenvalue weighted by atomic mass is 35.5. The molecule has 1 aromatic carbocycles. The summed E-state index contributed by atoms with van der Waals surface area (Å²) in [5, 5.41) is 0.851. The fourth-order valence-electron chi connectivity index (χ4n) is 1.54. The van der Waals surface area contributed by atoms with Gasteiger partial charge < -0.3 is 4.90 Å². The fraction of sp³-hybridized carbons (Fsp3) is 0.273. The molecule has 0 aromatic heterocycles. The Hall–Kier alpha value is -0.950. The van der Waals surface area contributed by atoms with E-state index < -0.39 is 0 Å². The van der Waals surface area contributed by atoms with E-state index in [1.54, 1.807) is 0 Å². The predicted octanol–water partition coefficient (Wildman–Crippen LogP) is 3.02. The maximum atomic E-state index is 6.14. The van der Waals surface area contributed by atoms with Crippen LogP contribution in [0.25, 0.3) is 0 Å². The van der Waals surface area contributed by atoms with Gasteiger partial charge in [0.05, 0.1) is 10.7 Å². The summed E-state index contributed by atoms with van der Waals surface area (Å²) in [7, 11) is 0. The average molecular weight is 194 g/mol. The quantitative estimate of drug-likeness (QED) is 0.620. The van der Waals surface area contributed by atoms with Gasteiger partial charge in [0, 0.05) is 13.1 Å². The van der Waals surface area contributed by atoms with Crippen LogP contribution in [-0.2, 0) is 0 Å². The van der Waals surface area contributed by atoms with Gasteiger partial charge in [0.1, 0.15) is 0 Å². The Kier molecular flexibility index (Phi) is 2.28.